The summed E-state index contributed by atoms with van der Waals surface area (Å²) >= 11 is 0. The maximum absolute atomic E-state index is 14.2. The minimum Gasteiger partial charge on any atom is -0.456 e. The largest absolute Gasteiger partial charge is 0.456 e. The van der Waals surface area contributed by atoms with Crippen LogP contribution in [0.15, 0.2) is 137 Å². The Morgan fingerprint density at radius 3 is 1.93 bits per heavy atom. The van der Waals surface area contributed by atoms with Crippen LogP contribution in [0.5, 0.6) is 0 Å². The van der Waals surface area contributed by atoms with E-state index in [1.54, 1.807) is 0 Å². The van der Waals surface area contributed by atoms with Crippen LogP contribution in [-0.4, -0.2) is 13.5 Å². The third kappa shape index (κ3) is 2.56. The van der Waals surface area contributed by atoms with Crippen LogP contribution in [0.25, 0.3) is 82.6 Å². The number of hydrogen-bond donors (Lipinski definition) is 0. The van der Waals surface area contributed by atoms with E-state index in [1.807, 2.05) is 46.9 Å². The van der Waals surface area contributed by atoms with Gasteiger partial charge in [-0.1, -0.05) is 72.8 Å². The number of aromatic nitrogens is 3. The van der Waals surface area contributed by atoms with Crippen LogP contribution in [0.3, 0.4) is 0 Å². The Balaban J connectivity index is 1.53. The van der Waals surface area contributed by atoms with Crippen molar-refractivity contribution in [3.63, 3.8) is 0 Å². The molecule has 0 aliphatic carbocycles. The van der Waals surface area contributed by atoms with Crippen LogP contribution in [0.4, 0.5) is 0 Å². The molecule has 0 amide bonds. The quantitative estimate of drug-likeness (QED) is 0.155. The molecule has 6 aromatic carbocycles. The molecule has 8 aromatic rings. The van der Waals surface area contributed by atoms with Gasteiger partial charge in [-0.3, -0.25) is 9.20 Å². The summed E-state index contributed by atoms with van der Waals surface area (Å²) in [6.45, 7) is 0. The SMILES string of the molecule is O=c1c2ccccc2c2cccc3c2n1c1cccc2c1-n3c1ccccc1n2-c1cccc2oc3ccccc3c12. The van der Waals surface area contributed by atoms with Gasteiger partial charge in [-0.05, 0) is 60.0 Å². The first-order valence-electron chi connectivity index (χ1n) is 14.1. The van der Waals surface area contributed by atoms with Gasteiger partial charge in [-0.25, -0.2) is 0 Å². The molecule has 0 saturated carbocycles. The summed E-state index contributed by atoms with van der Waals surface area (Å²) in [6, 6.07) is 43.5. The summed E-state index contributed by atoms with van der Waals surface area (Å²) in [5.74, 6) is 0. The normalized spacial score (nSPS) is 12.4. The van der Waals surface area contributed by atoms with Gasteiger partial charge in [-0.15, -0.1) is 0 Å². The summed E-state index contributed by atoms with van der Waals surface area (Å²) in [5, 5.41) is 4.89. The molecule has 0 unspecified atom stereocenters. The molecule has 0 bridgehead atoms. The average molecular weight is 540 g/mol. The third-order valence-electron chi connectivity index (χ3n) is 8.81. The maximum Gasteiger partial charge on any atom is 0.263 e. The lowest BCUT2D eigenvalue weighted by atomic mass is 10.0. The van der Waals surface area contributed by atoms with Gasteiger partial charge in [0.2, 0.25) is 0 Å². The van der Waals surface area contributed by atoms with Gasteiger partial charge in [0.15, 0.2) is 0 Å². The monoisotopic (exact) mass is 539 g/mol. The first kappa shape index (κ1) is 21.9. The van der Waals surface area contributed by atoms with Gasteiger partial charge < -0.3 is 13.6 Å². The van der Waals surface area contributed by atoms with Gasteiger partial charge >= 0.3 is 0 Å². The standard InChI is InChI=1S/C37H21N3O2/c41-37-24-11-2-1-10-22(24)23-13-7-17-29-35(23)40(37)31-19-8-18-30-36(31)39(29)27-15-5-4-14-26(27)38(30)28-16-9-21-33-34(28)25-12-3-6-20-32(25)42-33/h1-21H. The van der Waals surface area contributed by atoms with Crippen molar-refractivity contribution in [3.05, 3.63) is 138 Å². The molecule has 0 atom stereocenters. The number of para-hydroxylation sites is 5. The summed E-state index contributed by atoms with van der Waals surface area (Å²) < 4.78 is 12.9. The van der Waals surface area contributed by atoms with Crippen molar-refractivity contribution in [3.8, 4) is 11.4 Å². The lowest BCUT2D eigenvalue weighted by Crippen LogP contribution is -2.21. The molecule has 0 N–H and O–H groups in total. The van der Waals surface area contributed by atoms with Crippen LogP contribution in [0, 0.1) is 0 Å². The van der Waals surface area contributed by atoms with E-state index < -0.39 is 0 Å². The highest BCUT2D eigenvalue weighted by Gasteiger charge is 2.25. The van der Waals surface area contributed by atoms with Crippen molar-refractivity contribution >= 4 is 71.2 Å². The van der Waals surface area contributed by atoms with Crippen LogP contribution in [-0.2, 0) is 0 Å². The zero-order chi connectivity index (χ0) is 27.5. The summed E-state index contributed by atoms with van der Waals surface area (Å²) in [5.41, 5.74) is 9.64. The molecule has 4 heterocycles. The number of nitrogens with zero attached hydrogens (tertiary/aromatic N) is 3. The van der Waals surface area contributed by atoms with E-state index in [0.717, 1.165) is 82.6 Å². The molecule has 5 heteroatoms. The topological polar surface area (TPSA) is 44.5 Å². The Morgan fingerprint density at radius 2 is 1.05 bits per heavy atom. The number of furan rings is 1. The summed E-state index contributed by atoms with van der Waals surface area (Å²) in [6.07, 6.45) is 0. The minimum absolute atomic E-state index is 0.00746. The first-order valence-corrected chi connectivity index (χ1v) is 14.1. The minimum atomic E-state index is -0.00746. The van der Waals surface area contributed by atoms with Crippen molar-refractivity contribution in [1.29, 1.82) is 0 Å². The zero-order valence-corrected chi connectivity index (χ0v) is 22.3. The third-order valence-corrected chi connectivity index (χ3v) is 8.81. The number of benzene rings is 6. The molecule has 196 valence electrons. The van der Waals surface area contributed by atoms with E-state index in [1.165, 1.54) is 0 Å². The lowest BCUT2D eigenvalue weighted by molar-refractivity contribution is 0.669. The maximum atomic E-state index is 14.2. The van der Waals surface area contributed by atoms with E-state index in [9.17, 15) is 4.79 Å². The molecule has 0 spiro atoms. The molecule has 42 heavy (non-hydrogen) atoms. The Labute approximate surface area is 238 Å². The molecular formula is C37H21N3O2. The first-order chi connectivity index (χ1) is 20.8. The highest BCUT2D eigenvalue weighted by atomic mass is 16.3. The van der Waals surface area contributed by atoms with Crippen molar-refractivity contribution < 1.29 is 4.42 Å². The lowest BCUT2D eigenvalue weighted by Gasteiger charge is -2.27. The Kier molecular flexibility index (Phi) is 4.01. The van der Waals surface area contributed by atoms with E-state index in [0.29, 0.717) is 0 Å². The van der Waals surface area contributed by atoms with E-state index in [2.05, 4.69) is 94.1 Å². The van der Waals surface area contributed by atoms with Crippen LogP contribution in [0.2, 0.25) is 0 Å². The predicted octanol–water partition coefficient (Wildman–Crippen LogP) is 8.83. The second-order valence-corrected chi connectivity index (χ2v) is 10.9. The second kappa shape index (κ2) is 7.68. The van der Waals surface area contributed by atoms with Crippen molar-refractivity contribution in [1.82, 2.24) is 13.5 Å². The molecular weight excluding hydrogens is 518 g/mol. The molecule has 0 radical (unpaired) electrons. The van der Waals surface area contributed by atoms with Gasteiger partial charge in [0.05, 0.1) is 49.9 Å². The molecule has 0 fully saturated rings. The van der Waals surface area contributed by atoms with Crippen LogP contribution >= 0.6 is 0 Å². The average Bonchev–Trinajstić information content (AvgIpc) is 3.43. The summed E-state index contributed by atoms with van der Waals surface area (Å²) in [7, 11) is 0. The van der Waals surface area contributed by atoms with Gasteiger partial charge in [0.25, 0.3) is 5.56 Å². The van der Waals surface area contributed by atoms with Gasteiger partial charge in [-0.2, -0.15) is 0 Å². The van der Waals surface area contributed by atoms with E-state index in [-0.39, 0.29) is 5.56 Å². The Hall–Kier alpha value is -5.81. The van der Waals surface area contributed by atoms with Crippen molar-refractivity contribution in [2.24, 2.45) is 0 Å². The molecule has 10 rings (SSSR count). The van der Waals surface area contributed by atoms with E-state index >= 15 is 0 Å². The Morgan fingerprint density at radius 1 is 0.452 bits per heavy atom. The fourth-order valence-corrected chi connectivity index (χ4v) is 7.17. The van der Waals surface area contributed by atoms with Crippen LogP contribution < -0.4 is 5.56 Å². The number of pyridine rings is 1. The smallest absolute Gasteiger partial charge is 0.263 e. The molecule has 2 aromatic heterocycles. The molecule has 2 aliphatic rings. The van der Waals surface area contributed by atoms with Crippen molar-refractivity contribution in [2.75, 3.05) is 0 Å². The summed E-state index contributed by atoms with van der Waals surface area (Å²) in [4.78, 5) is 14.2. The van der Waals surface area contributed by atoms with Gasteiger partial charge in [0.1, 0.15) is 11.2 Å². The molecule has 5 nitrogen and oxygen atoms in total. The van der Waals surface area contributed by atoms with E-state index in [4.69, 9.17) is 4.42 Å². The molecule has 2 aliphatic heterocycles. The number of hydrogen-bond acceptors (Lipinski definition) is 2. The Bertz CT molecular complexity index is 2770. The number of fused-ring (bicyclic) bond motifs is 9. The van der Waals surface area contributed by atoms with Crippen LogP contribution in [0.1, 0.15) is 0 Å². The van der Waals surface area contributed by atoms with Crippen molar-refractivity contribution in [2.45, 2.75) is 0 Å². The second-order valence-electron chi connectivity index (χ2n) is 10.9. The fraction of sp³-hybridized carbons (Fsp3) is 0. The fourth-order valence-electron chi connectivity index (χ4n) is 7.17. The highest BCUT2D eigenvalue weighted by molar-refractivity contribution is 6.15. The highest BCUT2D eigenvalue weighted by Crippen LogP contribution is 2.41. The van der Waals surface area contributed by atoms with Gasteiger partial charge in [0, 0.05) is 16.2 Å². The molecule has 0 saturated heterocycles. The predicted molar refractivity (Wildman–Crippen MR) is 171 cm³/mol. The number of rotatable bonds is 1. The zero-order valence-electron chi connectivity index (χ0n) is 22.3.